The fourth-order valence-electron chi connectivity index (χ4n) is 6.44. The molecule has 1 aliphatic carbocycles. The molecule has 2 aromatic heterocycles. The number of nitrogens with zero attached hydrogens (tertiary/aromatic N) is 6. The van der Waals surface area contributed by atoms with Crippen LogP contribution < -0.4 is 10.6 Å². The third-order valence-electron chi connectivity index (χ3n) is 8.67. The van der Waals surface area contributed by atoms with Crippen LogP contribution in [0.2, 0.25) is 5.02 Å². The lowest BCUT2D eigenvalue weighted by molar-refractivity contribution is -0.139. The van der Waals surface area contributed by atoms with Crippen molar-refractivity contribution in [3.05, 3.63) is 66.0 Å². The summed E-state index contributed by atoms with van der Waals surface area (Å²) in [4.78, 5) is 41.2. The SMILES string of the molecule is O=C(CCNc1ncccn1)NC(Cc1ccc(Cl)cc1)C(=O)N1CCC(Cn2cncn2)(C2CCCCC2)CC1. The maximum Gasteiger partial charge on any atom is 0.245 e. The zero-order valence-electron chi connectivity index (χ0n) is 23.4. The number of nitrogens with one attached hydrogen (secondary N) is 2. The lowest BCUT2D eigenvalue weighted by Crippen LogP contribution is -2.54. The molecule has 2 amide bonds. The summed E-state index contributed by atoms with van der Waals surface area (Å²) in [6, 6.07) is 8.52. The molecule has 3 heterocycles. The summed E-state index contributed by atoms with van der Waals surface area (Å²) in [5.41, 5.74) is 1.05. The Morgan fingerprint density at radius 2 is 1.78 bits per heavy atom. The van der Waals surface area contributed by atoms with Crippen molar-refractivity contribution in [2.24, 2.45) is 11.3 Å². The van der Waals surface area contributed by atoms with Crippen molar-refractivity contribution < 1.29 is 9.59 Å². The summed E-state index contributed by atoms with van der Waals surface area (Å²) in [5.74, 6) is 0.865. The average Bonchev–Trinajstić information content (AvgIpc) is 3.52. The van der Waals surface area contributed by atoms with Crippen molar-refractivity contribution in [1.82, 2.24) is 34.9 Å². The van der Waals surface area contributed by atoms with Gasteiger partial charge in [-0.3, -0.25) is 14.3 Å². The van der Waals surface area contributed by atoms with Gasteiger partial charge in [-0.25, -0.2) is 15.0 Å². The Morgan fingerprint density at radius 1 is 1.05 bits per heavy atom. The van der Waals surface area contributed by atoms with Crippen LogP contribution >= 0.6 is 11.6 Å². The lowest BCUT2D eigenvalue weighted by Gasteiger charge is -2.48. The molecule has 0 radical (unpaired) electrons. The number of rotatable bonds is 11. The largest absolute Gasteiger partial charge is 0.354 e. The van der Waals surface area contributed by atoms with Crippen molar-refractivity contribution >= 4 is 29.4 Å². The predicted molar refractivity (Wildman–Crippen MR) is 157 cm³/mol. The molecule has 1 aromatic carbocycles. The number of hydrogen-bond acceptors (Lipinski definition) is 7. The molecule has 2 N–H and O–H groups in total. The van der Waals surface area contributed by atoms with Crippen molar-refractivity contribution in [2.45, 2.75) is 70.4 Å². The first-order valence-corrected chi connectivity index (χ1v) is 15.0. The first-order valence-electron chi connectivity index (χ1n) is 14.7. The monoisotopic (exact) mass is 578 g/mol. The highest BCUT2D eigenvalue weighted by atomic mass is 35.5. The molecule has 41 heavy (non-hydrogen) atoms. The van der Waals surface area contributed by atoms with Crippen LogP contribution in [0.4, 0.5) is 5.95 Å². The highest BCUT2D eigenvalue weighted by Crippen LogP contribution is 2.47. The van der Waals surface area contributed by atoms with Gasteiger partial charge in [0.05, 0.1) is 0 Å². The Morgan fingerprint density at radius 3 is 2.46 bits per heavy atom. The molecule has 0 bridgehead atoms. The third-order valence-corrected chi connectivity index (χ3v) is 8.92. The molecular weight excluding hydrogens is 540 g/mol. The van der Waals surface area contributed by atoms with Crippen LogP contribution in [0.15, 0.2) is 55.4 Å². The Hall–Kier alpha value is -3.53. The number of benzene rings is 1. The fourth-order valence-corrected chi connectivity index (χ4v) is 6.57. The van der Waals surface area contributed by atoms with Gasteiger partial charge >= 0.3 is 0 Å². The summed E-state index contributed by atoms with van der Waals surface area (Å²) < 4.78 is 1.96. The molecular formula is C30H39ClN8O2. The van der Waals surface area contributed by atoms with Gasteiger partial charge in [0.2, 0.25) is 17.8 Å². The van der Waals surface area contributed by atoms with E-state index in [0.717, 1.165) is 24.9 Å². The maximum absolute atomic E-state index is 13.9. The number of piperidine rings is 1. The lowest BCUT2D eigenvalue weighted by atomic mass is 9.63. The van der Waals surface area contributed by atoms with Crippen LogP contribution in [-0.2, 0) is 22.6 Å². The highest BCUT2D eigenvalue weighted by Gasteiger charge is 2.43. The quantitative estimate of drug-likeness (QED) is 0.351. The Bertz CT molecular complexity index is 1240. The van der Waals surface area contributed by atoms with Gasteiger partial charge < -0.3 is 15.5 Å². The zero-order chi connectivity index (χ0) is 28.5. The van der Waals surface area contributed by atoms with Gasteiger partial charge in [-0.15, -0.1) is 0 Å². The molecule has 1 unspecified atom stereocenters. The van der Waals surface area contributed by atoms with Gasteiger partial charge in [-0.05, 0) is 60.8 Å². The summed E-state index contributed by atoms with van der Waals surface area (Å²) in [5, 5.41) is 11.1. The predicted octanol–water partition coefficient (Wildman–Crippen LogP) is 4.14. The standard InChI is InChI=1S/C30H39ClN8O2/c31-25-9-7-23(8-10-25)19-26(37-27(40)11-16-35-29-33-14-4-15-34-29)28(41)38-17-12-30(13-18-38,20-39-22-32-21-36-39)24-5-2-1-3-6-24/h4,7-10,14-15,21-22,24,26H,1-3,5-6,11-13,16-20H2,(H,37,40)(H,33,34,35). The number of anilines is 1. The number of aromatic nitrogens is 5. The minimum absolute atomic E-state index is 0.0364. The fraction of sp³-hybridized carbons (Fsp3) is 0.533. The zero-order valence-corrected chi connectivity index (χ0v) is 24.2. The molecule has 1 saturated heterocycles. The van der Waals surface area contributed by atoms with Gasteiger partial charge in [0.25, 0.3) is 0 Å². The molecule has 5 rings (SSSR count). The molecule has 1 saturated carbocycles. The molecule has 1 aliphatic heterocycles. The van der Waals surface area contributed by atoms with E-state index in [2.05, 4.69) is 30.7 Å². The van der Waals surface area contributed by atoms with Crippen LogP contribution in [-0.4, -0.2) is 67.1 Å². The van der Waals surface area contributed by atoms with Crippen molar-refractivity contribution in [2.75, 3.05) is 25.0 Å². The first kappa shape index (κ1) is 29.0. The maximum atomic E-state index is 13.9. The van der Waals surface area contributed by atoms with Crippen molar-refractivity contribution in [3.8, 4) is 0 Å². The Balaban J connectivity index is 1.24. The van der Waals surface area contributed by atoms with Gasteiger partial charge in [-0.1, -0.05) is 43.0 Å². The first-order chi connectivity index (χ1) is 20.0. The van der Waals surface area contributed by atoms with E-state index >= 15 is 0 Å². The normalized spacial score (nSPS) is 18.0. The van der Waals surface area contributed by atoms with E-state index < -0.39 is 6.04 Å². The smallest absolute Gasteiger partial charge is 0.245 e. The second-order valence-corrected chi connectivity index (χ2v) is 11.8. The number of hydrogen-bond donors (Lipinski definition) is 2. The van der Waals surface area contributed by atoms with Gasteiger partial charge in [-0.2, -0.15) is 5.10 Å². The topological polar surface area (TPSA) is 118 Å². The van der Waals surface area contributed by atoms with Crippen molar-refractivity contribution in [3.63, 3.8) is 0 Å². The Labute approximate surface area is 246 Å². The minimum Gasteiger partial charge on any atom is -0.354 e. The molecule has 2 fully saturated rings. The van der Waals surface area contributed by atoms with Gasteiger partial charge in [0.1, 0.15) is 18.7 Å². The molecule has 11 heteroatoms. The number of amides is 2. The van der Waals surface area contributed by atoms with Crippen LogP contribution in [0.25, 0.3) is 0 Å². The number of likely N-dealkylation sites (tertiary alicyclic amines) is 1. The van der Waals surface area contributed by atoms with E-state index in [0.29, 0.717) is 42.9 Å². The summed E-state index contributed by atoms with van der Waals surface area (Å²) >= 11 is 6.09. The summed E-state index contributed by atoms with van der Waals surface area (Å²) in [6.07, 6.45) is 15.5. The Kier molecular flexibility index (Phi) is 9.82. The van der Waals surface area contributed by atoms with Crippen LogP contribution in [0.5, 0.6) is 0 Å². The van der Waals surface area contributed by atoms with E-state index in [1.807, 2.05) is 33.8 Å². The molecule has 3 aromatic rings. The van der Waals surface area contributed by atoms with Gasteiger partial charge in [0.15, 0.2) is 0 Å². The number of carbonyl (C=O) groups excluding carboxylic acids is 2. The second kappa shape index (κ2) is 13.9. The third kappa shape index (κ3) is 7.81. The van der Waals surface area contributed by atoms with Crippen LogP contribution in [0.1, 0.15) is 56.9 Å². The number of carbonyl (C=O) groups is 2. The van der Waals surface area contributed by atoms with Crippen molar-refractivity contribution in [1.29, 1.82) is 0 Å². The van der Waals surface area contributed by atoms with E-state index in [-0.39, 0.29) is 23.7 Å². The summed E-state index contributed by atoms with van der Waals surface area (Å²) in [7, 11) is 0. The summed E-state index contributed by atoms with van der Waals surface area (Å²) in [6.45, 7) is 2.55. The van der Waals surface area contributed by atoms with E-state index in [1.54, 1.807) is 31.1 Å². The molecule has 0 spiro atoms. The number of halogens is 1. The van der Waals surface area contributed by atoms with Gasteiger partial charge in [0, 0.05) is 56.4 Å². The minimum atomic E-state index is -0.658. The molecule has 2 aliphatic rings. The van der Waals surface area contributed by atoms with Crippen LogP contribution in [0.3, 0.4) is 0 Å². The molecule has 218 valence electrons. The van der Waals surface area contributed by atoms with E-state index in [1.165, 1.54) is 32.1 Å². The van der Waals surface area contributed by atoms with Crippen LogP contribution in [0, 0.1) is 11.3 Å². The van der Waals surface area contributed by atoms with E-state index in [9.17, 15) is 9.59 Å². The highest BCUT2D eigenvalue weighted by molar-refractivity contribution is 6.30. The van der Waals surface area contributed by atoms with E-state index in [4.69, 9.17) is 11.6 Å². The second-order valence-electron chi connectivity index (χ2n) is 11.3. The molecule has 10 nitrogen and oxygen atoms in total. The average molecular weight is 579 g/mol. The molecule has 1 atom stereocenters.